The van der Waals surface area contributed by atoms with Crippen LogP contribution in [0, 0.1) is 5.92 Å². The Bertz CT molecular complexity index is 1810. The number of carbonyl (C=O) groups is 3. The molecule has 1 aromatic carbocycles. The maximum atomic E-state index is 13.4. The van der Waals surface area contributed by atoms with E-state index in [1.54, 1.807) is 18.3 Å². The van der Waals surface area contributed by atoms with Gasteiger partial charge in [-0.1, -0.05) is 5.16 Å². The van der Waals surface area contributed by atoms with Gasteiger partial charge in [-0.15, -0.1) is 15.6 Å². The Morgan fingerprint density at radius 2 is 2.02 bits per heavy atom. The minimum absolute atomic E-state index is 0.0183. The molecule has 1 amide bonds. The van der Waals surface area contributed by atoms with Gasteiger partial charge in [0.1, 0.15) is 23.9 Å². The number of hydroxylamine groups is 2. The van der Waals surface area contributed by atoms with Crippen LogP contribution in [0.25, 0.3) is 10.8 Å². The standard InChI is InChI=1S/C28H33N7O10S2/c1-28(2)19(25(37)35(28)45-47(40,41)42)12-21(36)23(20-14-46-27(29)33-20)34-44-22(26(38)39)13-43-17-3-4-18-15(11-17)5-10-31-24(18)32-16-6-8-30-9-7-16/h3-5,10-11,14,16,19,22,30H,6-9,12-13H2,1-2H3,(H2,29,33)(H,31,32)(H,38,39)(H,40,41,42)/b34-23-. The van der Waals surface area contributed by atoms with Crippen LogP contribution >= 0.6 is 11.3 Å². The summed E-state index contributed by atoms with van der Waals surface area (Å²) in [6.45, 7) is 4.23. The lowest BCUT2D eigenvalue weighted by atomic mass is 9.74. The van der Waals surface area contributed by atoms with Crippen LogP contribution in [-0.2, 0) is 33.9 Å². The number of anilines is 2. The number of ether oxygens (including phenoxy) is 1. The fourth-order valence-electron chi connectivity index (χ4n) is 5.24. The monoisotopic (exact) mass is 691 g/mol. The number of hydrogen-bond acceptors (Lipinski definition) is 15. The lowest BCUT2D eigenvalue weighted by Gasteiger charge is -2.50. The zero-order valence-corrected chi connectivity index (χ0v) is 26.9. The number of amides is 1. The first kappa shape index (κ1) is 33.9. The summed E-state index contributed by atoms with van der Waals surface area (Å²) < 4.78 is 41.3. The number of carbonyl (C=O) groups excluding carboxylic acids is 2. The van der Waals surface area contributed by atoms with Gasteiger partial charge < -0.3 is 31.0 Å². The molecule has 2 unspecified atom stereocenters. The number of hydrogen-bond donors (Lipinski definition) is 5. The largest absolute Gasteiger partial charge is 0.489 e. The highest BCUT2D eigenvalue weighted by molar-refractivity contribution is 7.80. The predicted octanol–water partition coefficient (Wildman–Crippen LogP) is 1.62. The average molecular weight is 692 g/mol. The van der Waals surface area contributed by atoms with E-state index in [1.165, 1.54) is 19.2 Å². The zero-order chi connectivity index (χ0) is 33.9. The number of aromatic nitrogens is 2. The number of nitrogens with zero attached hydrogens (tertiary/aromatic N) is 4. The second kappa shape index (κ2) is 13.7. The lowest BCUT2D eigenvalue weighted by Crippen LogP contribution is -2.68. The Kier molecular flexibility index (Phi) is 9.92. The number of pyridine rings is 1. The van der Waals surface area contributed by atoms with Crippen molar-refractivity contribution in [2.24, 2.45) is 11.1 Å². The first-order valence-electron chi connectivity index (χ1n) is 14.4. The fourth-order valence-corrected chi connectivity index (χ4v) is 6.24. The average Bonchev–Trinajstić information content (AvgIpc) is 3.45. The third-order valence-electron chi connectivity index (χ3n) is 7.83. The number of oxime groups is 1. The molecule has 2 atom stereocenters. The molecular formula is C28H33N7O10S2. The molecule has 0 saturated carbocycles. The Balaban J connectivity index is 1.28. The van der Waals surface area contributed by atoms with Gasteiger partial charge in [-0.25, -0.2) is 14.8 Å². The minimum atomic E-state index is -4.99. The number of thiazole rings is 1. The summed E-state index contributed by atoms with van der Waals surface area (Å²) in [7, 11) is -4.99. The molecule has 4 heterocycles. The number of rotatable bonds is 14. The molecule has 2 aliphatic rings. The van der Waals surface area contributed by atoms with Crippen molar-refractivity contribution in [3.8, 4) is 5.75 Å². The number of β-lactam (4-membered cyclic amide) rings is 1. The smallest absolute Gasteiger partial charge is 0.418 e. The van der Waals surface area contributed by atoms with Gasteiger partial charge in [-0.2, -0.15) is 13.5 Å². The van der Waals surface area contributed by atoms with Crippen molar-refractivity contribution in [2.45, 2.75) is 50.8 Å². The van der Waals surface area contributed by atoms with Gasteiger partial charge in [0.25, 0.3) is 12.0 Å². The number of nitrogens with two attached hydrogens (primary N) is 1. The van der Waals surface area contributed by atoms with Crippen LogP contribution in [0.3, 0.4) is 0 Å². The molecule has 47 heavy (non-hydrogen) atoms. The molecule has 252 valence electrons. The summed E-state index contributed by atoms with van der Waals surface area (Å²) in [6.07, 6.45) is 1.48. The van der Waals surface area contributed by atoms with Crippen LogP contribution in [-0.4, -0.2) is 93.9 Å². The minimum Gasteiger partial charge on any atom is -0.489 e. The molecule has 6 N–H and O–H groups in total. The number of nitrogens with one attached hydrogen (secondary N) is 2. The maximum absolute atomic E-state index is 13.4. The molecule has 3 aromatic rings. The van der Waals surface area contributed by atoms with Crippen LogP contribution in [0.5, 0.6) is 5.75 Å². The number of fused-ring (bicyclic) bond motifs is 1. The molecule has 5 rings (SSSR count). The molecule has 0 aliphatic carbocycles. The highest BCUT2D eigenvalue weighted by Crippen LogP contribution is 2.40. The van der Waals surface area contributed by atoms with E-state index in [1.807, 2.05) is 12.1 Å². The Morgan fingerprint density at radius 3 is 2.66 bits per heavy atom. The van der Waals surface area contributed by atoms with E-state index in [-0.39, 0.29) is 10.8 Å². The first-order chi connectivity index (χ1) is 22.2. The van der Waals surface area contributed by atoms with Crippen molar-refractivity contribution in [3.05, 3.63) is 41.5 Å². The van der Waals surface area contributed by atoms with Crippen LogP contribution in [0.2, 0.25) is 0 Å². The molecular weight excluding hydrogens is 658 g/mol. The van der Waals surface area contributed by atoms with E-state index in [9.17, 15) is 27.9 Å². The number of carboxylic acids is 1. The van der Waals surface area contributed by atoms with E-state index in [0.717, 1.165) is 53.9 Å². The van der Waals surface area contributed by atoms with Crippen molar-refractivity contribution in [3.63, 3.8) is 0 Å². The van der Waals surface area contributed by atoms with Crippen molar-refractivity contribution in [2.75, 3.05) is 30.7 Å². The predicted molar refractivity (Wildman–Crippen MR) is 169 cm³/mol. The summed E-state index contributed by atoms with van der Waals surface area (Å²) in [5.41, 5.74) is 3.99. The molecule has 17 nitrogen and oxygen atoms in total. The SMILES string of the molecule is CC1(C)C(CC(=O)/C(=N\OC(COc2ccc3c(NC4CCNCC4)nccc3c2)C(=O)O)c2csc(N)n2)C(=O)N1OS(=O)(=O)O. The highest BCUT2D eigenvalue weighted by atomic mass is 32.3. The normalized spacial score (nSPS) is 19.2. The molecule has 0 radical (unpaired) electrons. The summed E-state index contributed by atoms with van der Waals surface area (Å²) >= 11 is 0.991. The van der Waals surface area contributed by atoms with E-state index in [2.05, 4.69) is 30.0 Å². The number of Topliss-reactive ketones (excluding diaryl/α,β-unsaturated/α-hetero) is 1. The van der Waals surface area contributed by atoms with Crippen LogP contribution in [0.4, 0.5) is 10.9 Å². The number of ketones is 1. The van der Waals surface area contributed by atoms with Crippen molar-refractivity contribution in [1.82, 2.24) is 20.3 Å². The number of carboxylic acid groups (broad SMARTS) is 1. The quantitative estimate of drug-likeness (QED) is 0.0698. The molecule has 0 spiro atoms. The Hall–Kier alpha value is -4.43. The van der Waals surface area contributed by atoms with Crippen molar-refractivity contribution >= 4 is 66.8 Å². The van der Waals surface area contributed by atoms with Gasteiger partial charge in [0, 0.05) is 29.4 Å². The van der Waals surface area contributed by atoms with Crippen LogP contribution < -0.4 is 21.1 Å². The van der Waals surface area contributed by atoms with E-state index >= 15 is 0 Å². The molecule has 2 aliphatic heterocycles. The van der Waals surface area contributed by atoms with Crippen molar-refractivity contribution < 1.29 is 46.3 Å². The van der Waals surface area contributed by atoms with Gasteiger partial charge in [-0.05, 0) is 69.4 Å². The molecule has 19 heteroatoms. The second-order valence-electron chi connectivity index (χ2n) is 11.4. The molecule has 0 bridgehead atoms. The fraction of sp³-hybridized carbons (Fsp3) is 0.429. The number of nitrogen functional groups attached to an aromatic ring is 1. The van der Waals surface area contributed by atoms with Crippen LogP contribution in [0.1, 0.15) is 38.8 Å². The van der Waals surface area contributed by atoms with Crippen molar-refractivity contribution in [1.29, 1.82) is 0 Å². The summed E-state index contributed by atoms with van der Waals surface area (Å²) in [4.78, 5) is 51.8. The summed E-state index contributed by atoms with van der Waals surface area (Å²) in [6, 6.07) is 7.35. The van der Waals surface area contributed by atoms with E-state index in [4.69, 9.17) is 19.9 Å². The Labute approximate surface area is 273 Å². The molecule has 2 saturated heterocycles. The maximum Gasteiger partial charge on any atom is 0.418 e. The third-order valence-corrected chi connectivity index (χ3v) is 8.84. The van der Waals surface area contributed by atoms with Gasteiger partial charge in [0.2, 0.25) is 0 Å². The van der Waals surface area contributed by atoms with Gasteiger partial charge in [0.05, 0.1) is 11.5 Å². The van der Waals surface area contributed by atoms with Crippen LogP contribution in [0.15, 0.2) is 41.0 Å². The topological polar surface area (TPSA) is 245 Å². The number of piperidine rings is 1. The Morgan fingerprint density at radius 1 is 1.28 bits per heavy atom. The third kappa shape index (κ3) is 7.93. The molecule has 2 aromatic heterocycles. The van der Waals surface area contributed by atoms with Gasteiger partial charge >= 0.3 is 16.4 Å². The summed E-state index contributed by atoms with van der Waals surface area (Å²) in [5.74, 6) is -3.04. The zero-order valence-electron chi connectivity index (χ0n) is 25.3. The van der Waals surface area contributed by atoms with Gasteiger partial charge in [0.15, 0.2) is 16.6 Å². The van der Waals surface area contributed by atoms with E-state index < -0.39 is 64.4 Å². The number of benzene rings is 1. The lowest BCUT2D eigenvalue weighted by molar-refractivity contribution is -0.228. The second-order valence-corrected chi connectivity index (χ2v) is 13.3. The highest BCUT2D eigenvalue weighted by Gasteiger charge is 2.57. The van der Waals surface area contributed by atoms with Gasteiger partial charge in [-0.3, -0.25) is 14.1 Å². The number of aliphatic carboxylic acids is 1. The first-order valence-corrected chi connectivity index (χ1v) is 16.7. The summed E-state index contributed by atoms with van der Waals surface area (Å²) in [5, 5.41) is 24.1. The molecule has 2 fully saturated rings. The van der Waals surface area contributed by atoms with E-state index in [0.29, 0.717) is 16.9 Å².